The number of rotatable bonds is 5. The Kier molecular flexibility index (Phi) is 5.80. The molecule has 0 aliphatic carbocycles. The smallest absolute Gasteiger partial charge is 0.404 e. The van der Waals surface area contributed by atoms with Crippen LogP contribution in [-0.2, 0) is 9.57 Å². The molecule has 0 radical (unpaired) electrons. The average Bonchev–Trinajstić information content (AvgIpc) is 1.87. The van der Waals surface area contributed by atoms with Gasteiger partial charge >= 0.3 is 6.09 Å². The predicted octanol–water partition coefficient (Wildman–Crippen LogP) is -0.248. The minimum absolute atomic E-state index is 0.332. The van der Waals surface area contributed by atoms with E-state index in [1.54, 1.807) is 0 Å². The van der Waals surface area contributed by atoms with Crippen molar-refractivity contribution >= 4 is 6.09 Å². The molecule has 5 heteroatoms. The summed E-state index contributed by atoms with van der Waals surface area (Å²) in [4.78, 5) is 14.3. The molecule has 60 valence electrons. The normalized spacial score (nSPS) is 9.30. The lowest BCUT2D eigenvalue weighted by Gasteiger charge is -1.99. The van der Waals surface area contributed by atoms with E-state index >= 15 is 0 Å². The number of amides is 1. The molecule has 10 heavy (non-hydrogen) atoms. The number of carbonyl (C=O) groups excluding carboxylic acids is 1. The van der Waals surface area contributed by atoms with Crippen LogP contribution in [0.2, 0.25) is 0 Å². The van der Waals surface area contributed by atoms with Gasteiger partial charge in [0.05, 0.1) is 13.2 Å². The molecule has 0 heterocycles. The van der Waals surface area contributed by atoms with E-state index in [0.717, 1.165) is 12.8 Å². The minimum atomic E-state index is -0.742. The highest BCUT2D eigenvalue weighted by molar-refractivity contribution is 5.64. The fourth-order valence-corrected chi connectivity index (χ4v) is 0.460. The summed E-state index contributed by atoms with van der Waals surface area (Å²) in [5.74, 6) is 4.74. The van der Waals surface area contributed by atoms with E-state index in [-0.39, 0.29) is 0 Å². The maximum absolute atomic E-state index is 9.98. The van der Waals surface area contributed by atoms with Crippen molar-refractivity contribution in [2.75, 3.05) is 13.2 Å². The maximum atomic E-state index is 9.98. The standard InChI is InChI=1S/C5H12N2O3/c6-5(8)9-3-1-2-4-10-7/h1-4,7H2,(H2,6,8). The van der Waals surface area contributed by atoms with Crippen molar-refractivity contribution in [1.82, 2.24) is 0 Å². The summed E-state index contributed by atoms with van der Waals surface area (Å²) in [6.07, 6.45) is 0.748. The van der Waals surface area contributed by atoms with Gasteiger partial charge in [-0.25, -0.2) is 10.7 Å². The second-order valence-corrected chi connectivity index (χ2v) is 1.75. The molecule has 5 nitrogen and oxygen atoms in total. The van der Waals surface area contributed by atoms with Gasteiger partial charge in [-0.15, -0.1) is 0 Å². The Balaban J connectivity index is 2.84. The first kappa shape index (κ1) is 9.19. The molecule has 0 saturated carbocycles. The molecule has 0 rings (SSSR count). The lowest BCUT2D eigenvalue weighted by molar-refractivity contribution is 0.120. The fraction of sp³-hybridized carbons (Fsp3) is 0.800. The van der Waals surface area contributed by atoms with Crippen molar-refractivity contribution in [2.45, 2.75) is 12.8 Å². The highest BCUT2D eigenvalue weighted by Crippen LogP contribution is 1.88. The topological polar surface area (TPSA) is 87.6 Å². The van der Waals surface area contributed by atoms with Crippen LogP contribution in [-0.4, -0.2) is 19.3 Å². The number of unbranched alkanes of at least 4 members (excludes halogenated alkanes) is 1. The predicted molar refractivity (Wildman–Crippen MR) is 34.9 cm³/mol. The lowest BCUT2D eigenvalue weighted by atomic mass is 10.3. The summed E-state index contributed by atoms with van der Waals surface area (Å²) in [6, 6.07) is 0. The van der Waals surface area contributed by atoms with Crippen molar-refractivity contribution in [2.24, 2.45) is 11.6 Å². The monoisotopic (exact) mass is 148 g/mol. The van der Waals surface area contributed by atoms with E-state index in [4.69, 9.17) is 11.6 Å². The van der Waals surface area contributed by atoms with Crippen LogP contribution in [0.4, 0.5) is 4.79 Å². The van der Waals surface area contributed by atoms with Gasteiger partial charge in [0, 0.05) is 0 Å². The van der Waals surface area contributed by atoms with Gasteiger partial charge in [0.25, 0.3) is 0 Å². The number of nitrogens with two attached hydrogens (primary N) is 2. The van der Waals surface area contributed by atoms with E-state index in [0.29, 0.717) is 13.2 Å². The van der Waals surface area contributed by atoms with Crippen molar-refractivity contribution < 1.29 is 14.4 Å². The molecule has 1 amide bonds. The number of hydrogen-bond acceptors (Lipinski definition) is 4. The molecule has 0 unspecified atom stereocenters. The van der Waals surface area contributed by atoms with Crippen molar-refractivity contribution in [3.05, 3.63) is 0 Å². The first-order valence-electron chi connectivity index (χ1n) is 3.01. The van der Waals surface area contributed by atoms with E-state index < -0.39 is 6.09 Å². The molecule has 0 aliphatic rings. The van der Waals surface area contributed by atoms with E-state index in [1.807, 2.05) is 0 Å². The van der Waals surface area contributed by atoms with Crippen LogP contribution in [0.15, 0.2) is 0 Å². The van der Waals surface area contributed by atoms with Crippen LogP contribution < -0.4 is 11.6 Å². The van der Waals surface area contributed by atoms with Crippen LogP contribution in [0.3, 0.4) is 0 Å². The van der Waals surface area contributed by atoms with Gasteiger partial charge in [0.1, 0.15) is 0 Å². The van der Waals surface area contributed by atoms with Gasteiger partial charge in [0.15, 0.2) is 0 Å². The third-order valence-corrected chi connectivity index (χ3v) is 0.901. The van der Waals surface area contributed by atoms with E-state index in [2.05, 4.69) is 9.57 Å². The van der Waals surface area contributed by atoms with Crippen molar-refractivity contribution in [3.63, 3.8) is 0 Å². The summed E-state index contributed by atoms with van der Waals surface area (Å²) >= 11 is 0. The quantitative estimate of drug-likeness (QED) is 0.415. The molecule has 0 spiro atoms. The highest BCUT2D eigenvalue weighted by Gasteiger charge is 1.92. The second-order valence-electron chi connectivity index (χ2n) is 1.75. The highest BCUT2D eigenvalue weighted by atomic mass is 16.6. The molecular weight excluding hydrogens is 136 g/mol. The van der Waals surface area contributed by atoms with Gasteiger partial charge < -0.3 is 15.3 Å². The maximum Gasteiger partial charge on any atom is 0.404 e. The van der Waals surface area contributed by atoms with Gasteiger partial charge in [-0.3, -0.25) is 0 Å². The lowest BCUT2D eigenvalue weighted by Crippen LogP contribution is -2.14. The SMILES string of the molecule is NOCCCCOC(N)=O. The Morgan fingerprint density at radius 3 is 2.40 bits per heavy atom. The number of carbonyl (C=O) groups is 1. The van der Waals surface area contributed by atoms with Crippen LogP contribution in [0.1, 0.15) is 12.8 Å². The Bertz CT molecular complexity index is 96.9. The zero-order valence-electron chi connectivity index (χ0n) is 5.71. The minimum Gasteiger partial charge on any atom is -0.450 e. The van der Waals surface area contributed by atoms with Crippen molar-refractivity contribution in [1.29, 1.82) is 0 Å². The zero-order valence-corrected chi connectivity index (χ0v) is 5.71. The third kappa shape index (κ3) is 7.19. The molecule has 0 aliphatic heterocycles. The Morgan fingerprint density at radius 1 is 1.30 bits per heavy atom. The summed E-state index contributed by atoms with van der Waals surface area (Å²) in [5, 5.41) is 0. The third-order valence-electron chi connectivity index (χ3n) is 0.901. The van der Waals surface area contributed by atoms with Gasteiger partial charge in [-0.1, -0.05) is 0 Å². The second kappa shape index (κ2) is 6.31. The summed E-state index contributed by atoms with van der Waals surface area (Å²) < 4.78 is 4.43. The molecule has 0 atom stereocenters. The zero-order chi connectivity index (χ0) is 7.82. The number of primary amides is 1. The van der Waals surface area contributed by atoms with Crippen LogP contribution >= 0.6 is 0 Å². The molecule has 0 aromatic rings. The van der Waals surface area contributed by atoms with Gasteiger partial charge in [0.2, 0.25) is 0 Å². The molecule has 0 aromatic heterocycles. The molecule has 0 aromatic carbocycles. The fourth-order valence-electron chi connectivity index (χ4n) is 0.460. The molecule has 0 bridgehead atoms. The molecule has 0 fully saturated rings. The molecular formula is C5H12N2O3. The Labute approximate surface area is 59.2 Å². The summed E-state index contributed by atoms with van der Waals surface area (Å²) in [6.45, 7) is 0.806. The average molecular weight is 148 g/mol. The first-order valence-corrected chi connectivity index (χ1v) is 3.01. The van der Waals surface area contributed by atoms with Crippen LogP contribution in [0, 0.1) is 0 Å². The Hall–Kier alpha value is -0.810. The Morgan fingerprint density at radius 2 is 1.90 bits per heavy atom. The first-order chi connectivity index (χ1) is 4.77. The number of ether oxygens (including phenoxy) is 1. The largest absolute Gasteiger partial charge is 0.450 e. The molecule has 0 saturated heterocycles. The van der Waals surface area contributed by atoms with E-state index in [9.17, 15) is 4.79 Å². The number of hydrogen-bond donors (Lipinski definition) is 2. The van der Waals surface area contributed by atoms with Crippen LogP contribution in [0.25, 0.3) is 0 Å². The van der Waals surface area contributed by atoms with Crippen LogP contribution in [0.5, 0.6) is 0 Å². The van der Waals surface area contributed by atoms with Gasteiger partial charge in [-0.2, -0.15) is 0 Å². The molecule has 4 N–H and O–H groups in total. The van der Waals surface area contributed by atoms with E-state index in [1.165, 1.54) is 0 Å². The van der Waals surface area contributed by atoms with Crippen molar-refractivity contribution in [3.8, 4) is 0 Å². The summed E-state index contributed by atoms with van der Waals surface area (Å²) in [7, 11) is 0. The summed E-state index contributed by atoms with van der Waals surface area (Å²) in [5.41, 5.74) is 4.69. The van der Waals surface area contributed by atoms with Gasteiger partial charge in [-0.05, 0) is 12.8 Å².